The van der Waals surface area contributed by atoms with E-state index in [1.807, 2.05) is 24.3 Å². The van der Waals surface area contributed by atoms with Gasteiger partial charge in [0.2, 0.25) is 0 Å². The van der Waals surface area contributed by atoms with Crippen LogP contribution in [0.15, 0.2) is 24.3 Å². The quantitative estimate of drug-likeness (QED) is 0.809. The zero-order valence-electron chi connectivity index (χ0n) is 7.43. The van der Waals surface area contributed by atoms with Gasteiger partial charge in [-0.25, -0.2) is 4.98 Å². The molecule has 1 heterocycles. The Bertz CT molecular complexity index is 431. The zero-order chi connectivity index (χ0) is 9.97. The van der Waals surface area contributed by atoms with E-state index in [9.17, 15) is 4.79 Å². The van der Waals surface area contributed by atoms with Crippen molar-refractivity contribution >= 4 is 40.0 Å². The maximum absolute atomic E-state index is 11.1. The Hall–Kier alpha value is -0.870. The minimum Gasteiger partial charge on any atom is -0.298 e. The van der Waals surface area contributed by atoms with Gasteiger partial charge in [-0.05, 0) is 12.1 Å². The van der Waals surface area contributed by atoms with Gasteiger partial charge in [-0.15, -0.1) is 11.3 Å². The number of benzene rings is 1. The van der Waals surface area contributed by atoms with Gasteiger partial charge in [0, 0.05) is 5.75 Å². The highest BCUT2D eigenvalue weighted by atomic mass is 32.1. The smallest absolute Gasteiger partial charge is 0.149 e. The molecule has 0 aliphatic carbocycles. The van der Waals surface area contributed by atoms with Gasteiger partial charge in [0.1, 0.15) is 10.8 Å². The molecule has 14 heavy (non-hydrogen) atoms. The number of ketones is 1. The number of carbonyl (C=O) groups is 1. The van der Waals surface area contributed by atoms with Crippen LogP contribution in [-0.2, 0) is 11.2 Å². The van der Waals surface area contributed by atoms with E-state index in [0.717, 1.165) is 15.2 Å². The summed E-state index contributed by atoms with van der Waals surface area (Å²) in [7, 11) is 0. The molecule has 0 atom stereocenters. The average Bonchev–Trinajstić information content (AvgIpc) is 2.59. The second-order valence-corrected chi connectivity index (χ2v) is 4.38. The van der Waals surface area contributed by atoms with Crippen LogP contribution in [-0.4, -0.2) is 16.5 Å². The highest BCUT2D eigenvalue weighted by Crippen LogP contribution is 2.21. The summed E-state index contributed by atoms with van der Waals surface area (Å²) < 4.78 is 1.13. The Morgan fingerprint density at radius 2 is 2.21 bits per heavy atom. The fourth-order valence-electron chi connectivity index (χ4n) is 1.22. The van der Waals surface area contributed by atoms with E-state index >= 15 is 0 Å². The molecule has 1 aromatic carbocycles. The summed E-state index contributed by atoms with van der Waals surface area (Å²) in [5.74, 6) is 0.406. The molecule has 0 aliphatic rings. The van der Waals surface area contributed by atoms with Gasteiger partial charge in [0.15, 0.2) is 0 Å². The normalized spacial score (nSPS) is 10.6. The number of aromatic nitrogens is 1. The molecular weight excluding hydrogens is 214 g/mol. The Morgan fingerprint density at radius 3 is 2.93 bits per heavy atom. The Balaban J connectivity index is 2.31. The lowest BCUT2D eigenvalue weighted by Gasteiger charge is -1.89. The minimum atomic E-state index is 0.118. The van der Waals surface area contributed by atoms with E-state index < -0.39 is 0 Å². The summed E-state index contributed by atoms with van der Waals surface area (Å²) in [5.41, 5.74) is 0.972. The van der Waals surface area contributed by atoms with Gasteiger partial charge in [0.05, 0.1) is 16.6 Å². The minimum absolute atomic E-state index is 0.118. The van der Waals surface area contributed by atoms with Crippen molar-refractivity contribution in [3.05, 3.63) is 29.3 Å². The highest BCUT2D eigenvalue weighted by Gasteiger charge is 2.06. The molecule has 0 fully saturated rings. The second kappa shape index (κ2) is 4.11. The van der Waals surface area contributed by atoms with Crippen LogP contribution in [0.2, 0.25) is 0 Å². The molecule has 2 rings (SSSR count). The molecule has 0 radical (unpaired) electrons. The van der Waals surface area contributed by atoms with Crippen molar-refractivity contribution in [3.63, 3.8) is 0 Å². The van der Waals surface area contributed by atoms with E-state index in [2.05, 4.69) is 17.6 Å². The average molecular weight is 223 g/mol. The number of carbonyl (C=O) groups excluding carboxylic acids is 1. The van der Waals surface area contributed by atoms with Gasteiger partial charge in [-0.2, -0.15) is 12.6 Å². The van der Waals surface area contributed by atoms with Crippen molar-refractivity contribution in [2.75, 3.05) is 5.75 Å². The monoisotopic (exact) mass is 223 g/mol. The van der Waals surface area contributed by atoms with Crippen molar-refractivity contribution in [2.24, 2.45) is 0 Å². The summed E-state index contributed by atoms with van der Waals surface area (Å²) in [4.78, 5) is 15.5. The van der Waals surface area contributed by atoms with Crippen LogP contribution in [0.5, 0.6) is 0 Å². The molecule has 0 saturated heterocycles. The largest absolute Gasteiger partial charge is 0.298 e. The lowest BCUT2D eigenvalue weighted by molar-refractivity contribution is -0.115. The number of hydrogen-bond acceptors (Lipinski definition) is 4. The van der Waals surface area contributed by atoms with E-state index in [4.69, 9.17) is 0 Å². The van der Waals surface area contributed by atoms with E-state index in [0.29, 0.717) is 6.42 Å². The molecule has 0 amide bonds. The summed E-state index contributed by atoms with van der Waals surface area (Å²) in [6.45, 7) is 0. The maximum Gasteiger partial charge on any atom is 0.149 e. The third-order valence-electron chi connectivity index (χ3n) is 1.86. The molecule has 0 saturated carbocycles. The van der Waals surface area contributed by atoms with Gasteiger partial charge >= 0.3 is 0 Å². The van der Waals surface area contributed by atoms with Crippen molar-refractivity contribution < 1.29 is 4.79 Å². The van der Waals surface area contributed by atoms with Crippen molar-refractivity contribution in [3.8, 4) is 0 Å². The number of para-hydroxylation sites is 1. The first-order chi connectivity index (χ1) is 6.79. The van der Waals surface area contributed by atoms with Crippen LogP contribution in [0.25, 0.3) is 10.2 Å². The summed E-state index contributed by atoms with van der Waals surface area (Å²) >= 11 is 5.51. The number of fused-ring (bicyclic) bond motifs is 1. The maximum atomic E-state index is 11.1. The Labute approximate surface area is 91.4 Å². The lowest BCUT2D eigenvalue weighted by Crippen LogP contribution is -2.02. The van der Waals surface area contributed by atoms with Crippen LogP contribution >= 0.6 is 24.0 Å². The van der Waals surface area contributed by atoms with E-state index in [1.54, 1.807) is 11.3 Å². The molecule has 4 heteroatoms. The Morgan fingerprint density at radius 1 is 1.43 bits per heavy atom. The molecule has 72 valence electrons. The molecule has 0 spiro atoms. The van der Waals surface area contributed by atoms with Gasteiger partial charge in [-0.3, -0.25) is 4.79 Å². The molecule has 0 N–H and O–H groups in total. The number of nitrogens with zero attached hydrogens (tertiary/aromatic N) is 1. The first-order valence-electron chi connectivity index (χ1n) is 4.26. The summed E-state index contributed by atoms with van der Waals surface area (Å²) in [6, 6.07) is 7.90. The van der Waals surface area contributed by atoms with Crippen molar-refractivity contribution in [1.82, 2.24) is 4.98 Å². The molecule has 1 aromatic heterocycles. The third-order valence-corrected chi connectivity index (χ3v) is 3.25. The van der Waals surface area contributed by atoms with Crippen LogP contribution < -0.4 is 0 Å². The number of hydrogen-bond donors (Lipinski definition) is 1. The number of Topliss-reactive ketones (excluding diaryl/α,β-unsaturated/α-hetero) is 1. The topological polar surface area (TPSA) is 30.0 Å². The van der Waals surface area contributed by atoms with Gasteiger partial charge < -0.3 is 0 Å². The summed E-state index contributed by atoms with van der Waals surface area (Å²) in [6.07, 6.45) is 0.406. The fourth-order valence-corrected chi connectivity index (χ4v) is 2.33. The third kappa shape index (κ3) is 1.96. The van der Waals surface area contributed by atoms with Gasteiger partial charge in [-0.1, -0.05) is 12.1 Å². The van der Waals surface area contributed by atoms with Crippen LogP contribution in [0.4, 0.5) is 0 Å². The van der Waals surface area contributed by atoms with Gasteiger partial charge in [0.25, 0.3) is 0 Å². The lowest BCUT2D eigenvalue weighted by atomic mass is 10.3. The SMILES string of the molecule is O=C(CS)Cc1nc2ccccc2s1. The highest BCUT2D eigenvalue weighted by molar-refractivity contribution is 7.81. The van der Waals surface area contributed by atoms with E-state index in [-0.39, 0.29) is 11.5 Å². The van der Waals surface area contributed by atoms with Crippen LogP contribution in [0.3, 0.4) is 0 Å². The van der Waals surface area contributed by atoms with Crippen molar-refractivity contribution in [1.29, 1.82) is 0 Å². The molecule has 2 nitrogen and oxygen atoms in total. The second-order valence-electron chi connectivity index (χ2n) is 2.95. The van der Waals surface area contributed by atoms with E-state index in [1.165, 1.54) is 0 Å². The summed E-state index contributed by atoms with van der Waals surface area (Å²) in [5, 5.41) is 0.880. The zero-order valence-corrected chi connectivity index (χ0v) is 9.15. The molecule has 0 unspecified atom stereocenters. The molecular formula is C10H9NOS2. The van der Waals surface area contributed by atoms with Crippen molar-refractivity contribution in [2.45, 2.75) is 6.42 Å². The first-order valence-corrected chi connectivity index (χ1v) is 5.71. The molecule has 0 bridgehead atoms. The number of thiol groups is 1. The fraction of sp³-hybridized carbons (Fsp3) is 0.200. The van der Waals surface area contributed by atoms with Crippen LogP contribution in [0, 0.1) is 0 Å². The standard InChI is InChI=1S/C10H9NOS2/c12-7(6-13)5-10-11-8-3-1-2-4-9(8)14-10/h1-4,13H,5-6H2. The predicted molar refractivity (Wildman–Crippen MR) is 62.2 cm³/mol. The van der Waals surface area contributed by atoms with Crippen LogP contribution in [0.1, 0.15) is 5.01 Å². The number of thiazole rings is 1. The predicted octanol–water partition coefficient (Wildman–Crippen LogP) is 2.34. The molecule has 0 aliphatic heterocycles. The number of rotatable bonds is 3. The first kappa shape index (κ1) is 9.68. The molecule has 2 aromatic rings. The Kier molecular flexibility index (Phi) is 2.84.